The Morgan fingerprint density at radius 3 is 2.55 bits per heavy atom. The van der Waals surface area contributed by atoms with Gasteiger partial charge >= 0.3 is 6.09 Å². The molecule has 1 aliphatic carbocycles. The van der Waals surface area contributed by atoms with Gasteiger partial charge in [-0.25, -0.2) is 4.79 Å². The summed E-state index contributed by atoms with van der Waals surface area (Å²) in [7, 11) is -1.99. The van der Waals surface area contributed by atoms with Crippen molar-refractivity contribution in [1.82, 2.24) is 0 Å². The molecule has 4 nitrogen and oxygen atoms in total. The summed E-state index contributed by atoms with van der Waals surface area (Å²) in [6.07, 6.45) is -0.888. The molecule has 2 N–H and O–H groups in total. The first-order chi connectivity index (χ1) is 10.0. The highest BCUT2D eigenvalue weighted by Gasteiger charge is 2.45. The van der Waals surface area contributed by atoms with Gasteiger partial charge in [-0.3, -0.25) is 0 Å². The van der Waals surface area contributed by atoms with E-state index < -0.39 is 20.5 Å². The van der Waals surface area contributed by atoms with Crippen molar-refractivity contribution in [2.45, 2.75) is 57.5 Å². The zero-order valence-electron chi connectivity index (χ0n) is 13.8. The molecule has 6 heteroatoms. The molecule has 1 aromatic rings. The summed E-state index contributed by atoms with van der Waals surface area (Å²) in [4.78, 5) is 11.3. The summed E-state index contributed by atoms with van der Waals surface area (Å²) in [5.41, 5.74) is 7.13. The minimum Gasteiger partial charge on any atom is -0.439 e. The van der Waals surface area contributed by atoms with E-state index in [-0.39, 0.29) is 11.1 Å². The Bertz CT molecular complexity index is 583. The Hall–Kier alpha value is -1.04. The van der Waals surface area contributed by atoms with Gasteiger partial charge in [0.1, 0.15) is 0 Å². The molecule has 0 aliphatic heterocycles. The first kappa shape index (κ1) is 17.3. The lowest BCUT2D eigenvalue weighted by atomic mass is 10.1. The molecule has 22 heavy (non-hydrogen) atoms. The van der Waals surface area contributed by atoms with E-state index in [1.54, 1.807) is 6.07 Å². The number of benzene rings is 1. The van der Waals surface area contributed by atoms with Crippen LogP contribution >= 0.6 is 11.6 Å². The Kier molecular flexibility index (Phi) is 4.62. The summed E-state index contributed by atoms with van der Waals surface area (Å²) < 4.78 is 11.8. The zero-order valence-corrected chi connectivity index (χ0v) is 15.5. The molecule has 0 saturated heterocycles. The normalized spacial score (nSPS) is 21.5. The molecule has 1 aromatic carbocycles. The third-order valence-electron chi connectivity index (χ3n) is 4.68. The van der Waals surface area contributed by atoms with Crippen molar-refractivity contribution in [2.75, 3.05) is 0 Å². The lowest BCUT2D eigenvalue weighted by Gasteiger charge is -2.39. The smallest absolute Gasteiger partial charge is 0.405 e. The quantitative estimate of drug-likeness (QED) is 0.827. The van der Waals surface area contributed by atoms with Crippen molar-refractivity contribution < 1.29 is 14.0 Å². The molecule has 0 spiro atoms. The Morgan fingerprint density at radius 1 is 1.36 bits per heavy atom. The van der Waals surface area contributed by atoms with E-state index in [9.17, 15) is 4.79 Å². The van der Waals surface area contributed by atoms with E-state index in [1.165, 1.54) is 0 Å². The van der Waals surface area contributed by atoms with Crippen LogP contribution in [-0.4, -0.2) is 20.5 Å². The zero-order chi connectivity index (χ0) is 16.7. The lowest BCUT2D eigenvalue weighted by molar-refractivity contribution is 0.0233. The molecule has 1 aliphatic rings. The number of amides is 1. The van der Waals surface area contributed by atoms with Crippen molar-refractivity contribution in [2.24, 2.45) is 5.73 Å². The standard InChI is InChI=1S/C16H24ClNO3Si/c1-16(2,3)22(4,5)21-12-9-10-7-6-8-11(17)13(10)14(12)20-15(18)19/h6-8,12,14H,9H2,1-5H3,(H2,18,19)/t12-,14-/m1/s1. The van der Waals surface area contributed by atoms with E-state index in [1.807, 2.05) is 12.1 Å². The average Bonchev–Trinajstić information content (AvgIpc) is 2.65. The van der Waals surface area contributed by atoms with E-state index >= 15 is 0 Å². The molecule has 0 unspecified atom stereocenters. The van der Waals surface area contributed by atoms with Crippen LogP contribution in [0.4, 0.5) is 4.79 Å². The van der Waals surface area contributed by atoms with Gasteiger partial charge < -0.3 is 14.9 Å². The molecule has 122 valence electrons. The van der Waals surface area contributed by atoms with E-state index in [0.717, 1.165) is 11.1 Å². The van der Waals surface area contributed by atoms with Crippen molar-refractivity contribution >= 4 is 26.0 Å². The van der Waals surface area contributed by atoms with Crippen LogP contribution in [0.25, 0.3) is 0 Å². The number of ether oxygens (including phenoxy) is 1. The van der Waals surface area contributed by atoms with Gasteiger partial charge in [0, 0.05) is 17.0 Å². The molecule has 0 fully saturated rings. The number of carbonyl (C=O) groups is 1. The summed E-state index contributed by atoms with van der Waals surface area (Å²) in [6.45, 7) is 10.9. The molecule has 2 rings (SSSR count). The fourth-order valence-electron chi connectivity index (χ4n) is 2.51. The SMILES string of the molecule is CC(C)(C)[Si](C)(C)O[C@@H]1Cc2cccc(Cl)c2[C@@H]1OC(N)=O. The fourth-order valence-corrected chi connectivity index (χ4v) is 4.13. The number of primary amides is 1. The van der Waals surface area contributed by atoms with Gasteiger partial charge in [-0.1, -0.05) is 44.5 Å². The van der Waals surface area contributed by atoms with Gasteiger partial charge in [-0.05, 0) is 29.8 Å². The number of hydrogen-bond acceptors (Lipinski definition) is 3. The minimum atomic E-state index is -1.99. The molecular formula is C16H24ClNO3Si. The molecule has 0 aromatic heterocycles. The molecule has 1 amide bonds. The largest absolute Gasteiger partial charge is 0.439 e. The third kappa shape index (κ3) is 3.31. The number of carbonyl (C=O) groups excluding carboxylic acids is 1. The molecule has 0 heterocycles. The first-order valence-electron chi connectivity index (χ1n) is 7.44. The number of nitrogens with two attached hydrogens (primary N) is 1. The summed E-state index contributed by atoms with van der Waals surface area (Å²) >= 11 is 6.30. The van der Waals surface area contributed by atoms with Gasteiger partial charge in [0.25, 0.3) is 0 Å². The van der Waals surface area contributed by atoms with Crippen molar-refractivity contribution in [3.8, 4) is 0 Å². The molecule has 0 saturated carbocycles. The van der Waals surface area contributed by atoms with Gasteiger partial charge in [0.15, 0.2) is 14.4 Å². The number of fused-ring (bicyclic) bond motifs is 1. The van der Waals surface area contributed by atoms with Gasteiger partial charge in [-0.2, -0.15) is 0 Å². The van der Waals surface area contributed by atoms with Crippen LogP contribution in [-0.2, 0) is 15.6 Å². The van der Waals surface area contributed by atoms with Crippen molar-refractivity contribution in [3.05, 3.63) is 34.3 Å². The van der Waals surface area contributed by atoms with Gasteiger partial charge in [0.05, 0.1) is 6.10 Å². The second kappa shape index (κ2) is 5.87. The van der Waals surface area contributed by atoms with Crippen LogP contribution in [0.15, 0.2) is 18.2 Å². The average molecular weight is 342 g/mol. The van der Waals surface area contributed by atoms with Crippen LogP contribution in [0, 0.1) is 0 Å². The van der Waals surface area contributed by atoms with Crippen LogP contribution in [0.3, 0.4) is 0 Å². The van der Waals surface area contributed by atoms with Gasteiger partial charge in [-0.15, -0.1) is 0 Å². The molecule has 2 atom stereocenters. The summed E-state index contributed by atoms with van der Waals surface area (Å²) in [5.74, 6) is 0. The van der Waals surface area contributed by atoms with Crippen molar-refractivity contribution in [3.63, 3.8) is 0 Å². The summed E-state index contributed by atoms with van der Waals surface area (Å²) in [6, 6.07) is 5.69. The maximum Gasteiger partial charge on any atom is 0.405 e. The highest BCUT2D eigenvalue weighted by molar-refractivity contribution is 6.74. The first-order valence-corrected chi connectivity index (χ1v) is 10.7. The van der Waals surface area contributed by atoms with Crippen molar-refractivity contribution in [1.29, 1.82) is 0 Å². The molecular weight excluding hydrogens is 318 g/mol. The lowest BCUT2D eigenvalue weighted by Crippen LogP contribution is -2.45. The predicted octanol–water partition coefficient (Wildman–Crippen LogP) is 4.42. The Labute approximate surface area is 138 Å². The number of hydrogen-bond donors (Lipinski definition) is 1. The third-order valence-corrected chi connectivity index (χ3v) is 9.52. The minimum absolute atomic E-state index is 0.0723. The Balaban J connectivity index is 2.33. The molecule has 0 radical (unpaired) electrons. The van der Waals surface area contributed by atoms with Crippen LogP contribution in [0.5, 0.6) is 0 Å². The van der Waals surface area contributed by atoms with E-state index in [4.69, 9.17) is 26.5 Å². The molecule has 0 bridgehead atoms. The monoisotopic (exact) mass is 341 g/mol. The van der Waals surface area contributed by atoms with Crippen LogP contribution in [0.2, 0.25) is 23.2 Å². The van der Waals surface area contributed by atoms with Gasteiger partial charge in [0.2, 0.25) is 0 Å². The topological polar surface area (TPSA) is 61.6 Å². The second-order valence-corrected chi connectivity index (χ2v) is 12.5. The number of halogens is 1. The highest BCUT2D eigenvalue weighted by Crippen LogP contribution is 2.45. The maximum atomic E-state index is 11.3. The van der Waals surface area contributed by atoms with Crippen LogP contribution in [0.1, 0.15) is 38.0 Å². The maximum absolute atomic E-state index is 11.3. The highest BCUT2D eigenvalue weighted by atomic mass is 35.5. The van der Waals surface area contributed by atoms with E-state index in [0.29, 0.717) is 11.4 Å². The number of rotatable bonds is 3. The summed E-state index contributed by atoms with van der Waals surface area (Å²) in [5, 5.41) is 0.660. The second-order valence-electron chi connectivity index (χ2n) is 7.29. The van der Waals surface area contributed by atoms with Crippen LogP contribution < -0.4 is 5.73 Å². The van der Waals surface area contributed by atoms with E-state index in [2.05, 4.69) is 33.9 Å². The Morgan fingerprint density at radius 2 is 2.00 bits per heavy atom. The predicted molar refractivity (Wildman–Crippen MR) is 90.6 cm³/mol. The fraction of sp³-hybridized carbons (Fsp3) is 0.562.